The first-order valence-corrected chi connectivity index (χ1v) is 9.57. The zero-order chi connectivity index (χ0) is 21.2. The SMILES string of the molecule is O=C(Nc1ccccc1-c1nc(-c2ccccc2)n[nH]1)c1n[nH]c(=O)c2ccccc12. The molecule has 1 amide bonds. The van der Waals surface area contributed by atoms with Crippen molar-refractivity contribution in [3.05, 3.63) is 94.9 Å². The second-order valence-corrected chi connectivity index (χ2v) is 6.82. The van der Waals surface area contributed by atoms with Crippen molar-refractivity contribution in [2.75, 3.05) is 5.32 Å². The van der Waals surface area contributed by atoms with Gasteiger partial charge in [-0.3, -0.25) is 14.7 Å². The zero-order valence-corrected chi connectivity index (χ0v) is 16.2. The number of hydrogen-bond acceptors (Lipinski definition) is 5. The summed E-state index contributed by atoms with van der Waals surface area (Å²) in [6, 6.07) is 23.7. The summed E-state index contributed by atoms with van der Waals surface area (Å²) in [7, 11) is 0. The average molecular weight is 408 g/mol. The van der Waals surface area contributed by atoms with E-state index in [2.05, 4.69) is 30.7 Å². The van der Waals surface area contributed by atoms with Crippen LogP contribution in [0.25, 0.3) is 33.5 Å². The Morgan fingerprint density at radius 2 is 1.48 bits per heavy atom. The van der Waals surface area contributed by atoms with E-state index in [1.807, 2.05) is 48.5 Å². The third-order valence-corrected chi connectivity index (χ3v) is 4.86. The second kappa shape index (κ2) is 7.68. The highest BCUT2D eigenvalue weighted by molar-refractivity contribution is 6.12. The molecule has 0 radical (unpaired) electrons. The van der Waals surface area contributed by atoms with Crippen LogP contribution in [0.4, 0.5) is 5.69 Å². The molecule has 0 atom stereocenters. The number of amides is 1. The number of fused-ring (bicyclic) bond motifs is 1. The van der Waals surface area contributed by atoms with Gasteiger partial charge in [-0.05, 0) is 18.2 Å². The Morgan fingerprint density at radius 1 is 0.774 bits per heavy atom. The van der Waals surface area contributed by atoms with Crippen LogP contribution in [0.3, 0.4) is 0 Å². The Hall–Kier alpha value is -4.59. The fourth-order valence-corrected chi connectivity index (χ4v) is 3.37. The first-order chi connectivity index (χ1) is 15.2. The fraction of sp³-hybridized carbons (Fsp3) is 0. The molecule has 3 N–H and O–H groups in total. The van der Waals surface area contributed by atoms with Crippen LogP contribution in [-0.2, 0) is 0 Å². The molecule has 8 nitrogen and oxygen atoms in total. The number of rotatable bonds is 4. The molecule has 0 unspecified atom stereocenters. The van der Waals surface area contributed by atoms with Gasteiger partial charge >= 0.3 is 0 Å². The molecule has 0 aliphatic heterocycles. The minimum Gasteiger partial charge on any atom is -0.320 e. The monoisotopic (exact) mass is 408 g/mol. The number of nitrogens with zero attached hydrogens (tertiary/aromatic N) is 3. The first-order valence-electron chi connectivity index (χ1n) is 9.57. The lowest BCUT2D eigenvalue weighted by atomic mass is 10.1. The molecule has 0 bridgehead atoms. The molecule has 8 heteroatoms. The lowest BCUT2D eigenvalue weighted by Gasteiger charge is -2.10. The summed E-state index contributed by atoms with van der Waals surface area (Å²) in [6.07, 6.45) is 0. The molecule has 150 valence electrons. The number of nitrogens with one attached hydrogen (secondary N) is 3. The molecule has 31 heavy (non-hydrogen) atoms. The van der Waals surface area contributed by atoms with Gasteiger partial charge in [-0.1, -0.05) is 60.7 Å². The molecular weight excluding hydrogens is 392 g/mol. The number of aromatic nitrogens is 5. The van der Waals surface area contributed by atoms with Gasteiger partial charge in [0.1, 0.15) is 0 Å². The number of aromatic amines is 2. The number of H-pyrrole nitrogens is 2. The largest absolute Gasteiger partial charge is 0.320 e. The molecule has 0 saturated heterocycles. The molecule has 0 aliphatic carbocycles. The second-order valence-electron chi connectivity index (χ2n) is 6.82. The first kappa shape index (κ1) is 18.4. The zero-order valence-electron chi connectivity index (χ0n) is 16.2. The topological polar surface area (TPSA) is 116 Å². The average Bonchev–Trinajstić information content (AvgIpc) is 3.30. The van der Waals surface area contributed by atoms with Gasteiger partial charge in [-0.2, -0.15) is 10.2 Å². The maximum absolute atomic E-state index is 13.0. The highest BCUT2D eigenvalue weighted by atomic mass is 16.2. The summed E-state index contributed by atoms with van der Waals surface area (Å²) >= 11 is 0. The van der Waals surface area contributed by atoms with E-state index in [0.29, 0.717) is 33.7 Å². The number of para-hydroxylation sites is 1. The van der Waals surface area contributed by atoms with Gasteiger partial charge in [0.15, 0.2) is 17.3 Å². The molecule has 3 aromatic carbocycles. The molecule has 0 spiro atoms. The van der Waals surface area contributed by atoms with E-state index in [4.69, 9.17) is 0 Å². The highest BCUT2D eigenvalue weighted by Gasteiger charge is 2.17. The predicted octanol–water partition coefficient (Wildman–Crippen LogP) is 3.63. The van der Waals surface area contributed by atoms with E-state index >= 15 is 0 Å². The van der Waals surface area contributed by atoms with Gasteiger partial charge in [-0.25, -0.2) is 10.1 Å². The lowest BCUT2D eigenvalue weighted by molar-refractivity contribution is 0.102. The summed E-state index contributed by atoms with van der Waals surface area (Å²) < 4.78 is 0. The van der Waals surface area contributed by atoms with Crippen molar-refractivity contribution in [2.24, 2.45) is 0 Å². The Morgan fingerprint density at radius 3 is 2.32 bits per heavy atom. The van der Waals surface area contributed by atoms with Crippen LogP contribution < -0.4 is 10.9 Å². The Kier molecular flexibility index (Phi) is 4.57. The molecule has 0 aliphatic rings. The van der Waals surface area contributed by atoms with Gasteiger partial charge in [-0.15, -0.1) is 0 Å². The molecule has 5 aromatic rings. The van der Waals surface area contributed by atoms with Crippen molar-refractivity contribution < 1.29 is 4.79 Å². The molecular formula is C23H16N6O2. The van der Waals surface area contributed by atoms with E-state index in [1.54, 1.807) is 30.3 Å². The summed E-state index contributed by atoms with van der Waals surface area (Å²) in [4.78, 5) is 29.6. The standard InChI is InChI=1S/C23H16N6O2/c30-22-16-11-5-4-10-15(16)19(26-29-22)23(31)24-18-13-7-6-12-17(18)21-25-20(27-28-21)14-8-2-1-3-9-14/h1-13H,(H,24,31)(H,29,30)(H,25,27,28). The maximum atomic E-state index is 13.0. The maximum Gasteiger partial charge on any atom is 0.276 e. The quantitative estimate of drug-likeness (QED) is 0.420. The van der Waals surface area contributed by atoms with Gasteiger partial charge in [0.25, 0.3) is 11.5 Å². The van der Waals surface area contributed by atoms with E-state index in [1.165, 1.54) is 0 Å². The van der Waals surface area contributed by atoms with E-state index < -0.39 is 5.91 Å². The van der Waals surface area contributed by atoms with Crippen LogP contribution in [0, 0.1) is 0 Å². The number of carbonyl (C=O) groups excluding carboxylic acids is 1. The molecule has 5 rings (SSSR count). The van der Waals surface area contributed by atoms with Crippen molar-refractivity contribution >= 4 is 22.4 Å². The van der Waals surface area contributed by atoms with Crippen molar-refractivity contribution in [1.82, 2.24) is 25.4 Å². The fourth-order valence-electron chi connectivity index (χ4n) is 3.37. The number of carbonyl (C=O) groups is 1. The summed E-state index contributed by atoms with van der Waals surface area (Å²) in [5, 5.41) is 17.3. The van der Waals surface area contributed by atoms with Crippen LogP contribution in [0.2, 0.25) is 0 Å². The van der Waals surface area contributed by atoms with Crippen LogP contribution in [0.5, 0.6) is 0 Å². The molecule has 0 saturated carbocycles. The Balaban J connectivity index is 1.50. The highest BCUT2D eigenvalue weighted by Crippen LogP contribution is 2.27. The Labute approximate surface area is 176 Å². The van der Waals surface area contributed by atoms with Crippen LogP contribution in [0.15, 0.2) is 83.7 Å². The van der Waals surface area contributed by atoms with Gasteiger partial charge in [0.2, 0.25) is 0 Å². The molecule has 2 heterocycles. The minimum absolute atomic E-state index is 0.132. The van der Waals surface area contributed by atoms with Crippen LogP contribution in [0.1, 0.15) is 10.5 Å². The van der Waals surface area contributed by atoms with Crippen molar-refractivity contribution in [2.45, 2.75) is 0 Å². The third kappa shape index (κ3) is 3.46. The summed E-state index contributed by atoms with van der Waals surface area (Å²) in [5.74, 6) is 0.641. The van der Waals surface area contributed by atoms with Crippen molar-refractivity contribution in [3.8, 4) is 22.8 Å². The van der Waals surface area contributed by atoms with E-state index in [9.17, 15) is 9.59 Å². The van der Waals surface area contributed by atoms with Crippen LogP contribution >= 0.6 is 0 Å². The van der Waals surface area contributed by atoms with Gasteiger partial charge < -0.3 is 5.32 Å². The van der Waals surface area contributed by atoms with E-state index in [-0.39, 0.29) is 11.3 Å². The summed E-state index contributed by atoms with van der Waals surface area (Å²) in [5.41, 5.74) is 1.89. The number of anilines is 1. The van der Waals surface area contributed by atoms with Gasteiger partial charge in [0, 0.05) is 16.5 Å². The van der Waals surface area contributed by atoms with Crippen LogP contribution in [-0.4, -0.2) is 31.3 Å². The molecule has 2 aromatic heterocycles. The normalized spacial score (nSPS) is 10.8. The van der Waals surface area contributed by atoms with Gasteiger partial charge in [0.05, 0.1) is 11.1 Å². The van der Waals surface area contributed by atoms with Crippen molar-refractivity contribution in [1.29, 1.82) is 0 Å². The molecule has 0 fully saturated rings. The number of hydrogen-bond donors (Lipinski definition) is 3. The Bertz CT molecular complexity index is 1460. The number of benzene rings is 3. The minimum atomic E-state index is -0.442. The third-order valence-electron chi connectivity index (χ3n) is 4.86. The van der Waals surface area contributed by atoms with Crippen molar-refractivity contribution in [3.63, 3.8) is 0 Å². The predicted molar refractivity (Wildman–Crippen MR) is 118 cm³/mol. The summed E-state index contributed by atoms with van der Waals surface area (Å²) in [6.45, 7) is 0. The lowest BCUT2D eigenvalue weighted by Crippen LogP contribution is -2.19. The smallest absolute Gasteiger partial charge is 0.276 e. The van der Waals surface area contributed by atoms with E-state index in [0.717, 1.165) is 5.56 Å².